The first-order chi connectivity index (χ1) is 12.6. The summed E-state index contributed by atoms with van der Waals surface area (Å²) >= 11 is 0. The first-order valence-electron chi connectivity index (χ1n) is 9.67. The number of benzene rings is 2. The number of carbonyl (C=O) groups is 1. The Kier molecular flexibility index (Phi) is 6.45. The SMILES string of the molecule is C[C@@H]1OC(=O)[C@@H](N)CCC[C@H](Cc2ccccc2)[C@H]1Cc1ccccc1. The second kappa shape index (κ2) is 9.00. The third-order valence-corrected chi connectivity index (χ3v) is 5.56. The van der Waals surface area contributed by atoms with Crippen LogP contribution in [0.5, 0.6) is 0 Å². The molecule has 3 heteroatoms. The number of esters is 1. The summed E-state index contributed by atoms with van der Waals surface area (Å²) in [5.41, 5.74) is 8.64. The van der Waals surface area contributed by atoms with Crippen LogP contribution in [0.15, 0.2) is 60.7 Å². The van der Waals surface area contributed by atoms with E-state index in [1.54, 1.807) is 0 Å². The largest absolute Gasteiger partial charge is 0.461 e. The highest BCUT2D eigenvalue weighted by molar-refractivity contribution is 5.75. The first kappa shape index (κ1) is 18.7. The highest BCUT2D eigenvalue weighted by atomic mass is 16.5. The van der Waals surface area contributed by atoms with E-state index in [0.29, 0.717) is 12.3 Å². The van der Waals surface area contributed by atoms with Gasteiger partial charge in [0, 0.05) is 5.92 Å². The Morgan fingerprint density at radius 2 is 1.50 bits per heavy atom. The van der Waals surface area contributed by atoms with E-state index in [1.165, 1.54) is 11.1 Å². The van der Waals surface area contributed by atoms with Gasteiger partial charge in [0.25, 0.3) is 0 Å². The van der Waals surface area contributed by atoms with Crippen LogP contribution in [-0.4, -0.2) is 18.1 Å². The van der Waals surface area contributed by atoms with Gasteiger partial charge in [-0.1, -0.05) is 67.1 Å². The maximum atomic E-state index is 12.2. The van der Waals surface area contributed by atoms with Crippen LogP contribution in [0.4, 0.5) is 0 Å². The quantitative estimate of drug-likeness (QED) is 0.842. The number of cyclic esters (lactones) is 1. The van der Waals surface area contributed by atoms with Crippen molar-refractivity contribution in [2.24, 2.45) is 17.6 Å². The van der Waals surface area contributed by atoms with Gasteiger partial charge in [-0.25, -0.2) is 0 Å². The van der Waals surface area contributed by atoms with E-state index >= 15 is 0 Å². The van der Waals surface area contributed by atoms with Crippen LogP contribution in [0, 0.1) is 11.8 Å². The maximum absolute atomic E-state index is 12.2. The molecule has 2 aromatic carbocycles. The van der Waals surface area contributed by atoms with Crippen molar-refractivity contribution >= 4 is 5.97 Å². The minimum atomic E-state index is -0.495. The van der Waals surface area contributed by atoms with Crippen molar-refractivity contribution in [3.8, 4) is 0 Å². The molecule has 0 amide bonds. The summed E-state index contributed by atoms with van der Waals surface area (Å²) in [5.74, 6) is 0.494. The van der Waals surface area contributed by atoms with Crippen molar-refractivity contribution in [1.29, 1.82) is 0 Å². The normalized spacial score (nSPS) is 27.1. The molecule has 4 atom stereocenters. The Bertz CT molecular complexity index is 686. The van der Waals surface area contributed by atoms with Crippen LogP contribution >= 0.6 is 0 Å². The highest BCUT2D eigenvalue weighted by Gasteiger charge is 2.32. The summed E-state index contributed by atoms with van der Waals surface area (Å²) in [6.45, 7) is 2.03. The Labute approximate surface area is 156 Å². The molecule has 1 aliphatic rings. The van der Waals surface area contributed by atoms with E-state index in [2.05, 4.69) is 54.6 Å². The Morgan fingerprint density at radius 1 is 0.923 bits per heavy atom. The Balaban J connectivity index is 1.85. The Hall–Kier alpha value is -2.13. The lowest BCUT2D eigenvalue weighted by Gasteiger charge is -2.31. The molecule has 3 nitrogen and oxygen atoms in total. The van der Waals surface area contributed by atoms with Gasteiger partial charge in [-0.05, 0) is 49.7 Å². The van der Waals surface area contributed by atoms with E-state index in [1.807, 2.05) is 13.0 Å². The molecule has 2 N–H and O–H groups in total. The number of hydrogen-bond donors (Lipinski definition) is 1. The third-order valence-electron chi connectivity index (χ3n) is 5.56. The van der Waals surface area contributed by atoms with Gasteiger partial charge < -0.3 is 10.5 Å². The molecule has 26 heavy (non-hydrogen) atoms. The molecule has 3 rings (SSSR count). The van der Waals surface area contributed by atoms with Crippen molar-refractivity contribution < 1.29 is 9.53 Å². The first-order valence-corrected chi connectivity index (χ1v) is 9.67. The molecule has 138 valence electrons. The second-order valence-electron chi connectivity index (χ2n) is 7.48. The van der Waals surface area contributed by atoms with Crippen molar-refractivity contribution in [2.45, 2.75) is 51.2 Å². The van der Waals surface area contributed by atoms with Gasteiger partial charge in [0.15, 0.2) is 0 Å². The van der Waals surface area contributed by atoms with Crippen LogP contribution in [-0.2, 0) is 22.4 Å². The minimum Gasteiger partial charge on any atom is -0.461 e. The molecule has 1 heterocycles. The van der Waals surface area contributed by atoms with E-state index in [-0.39, 0.29) is 18.0 Å². The molecular formula is C23H29NO2. The molecule has 1 aliphatic heterocycles. The predicted octanol–water partition coefficient (Wildman–Crippen LogP) is 4.15. The highest BCUT2D eigenvalue weighted by Crippen LogP contribution is 2.32. The summed E-state index contributed by atoms with van der Waals surface area (Å²) in [4.78, 5) is 12.2. The van der Waals surface area contributed by atoms with Gasteiger partial charge in [-0.3, -0.25) is 4.79 Å². The van der Waals surface area contributed by atoms with Crippen molar-refractivity contribution in [3.63, 3.8) is 0 Å². The average Bonchev–Trinajstić information content (AvgIpc) is 2.70. The van der Waals surface area contributed by atoms with Gasteiger partial charge in [0.05, 0.1) is 0 Å². The lowest BCUT2D eigenvalue weighted by atomic mass is 9.77. The van der Waals surface area contributed by atoms with Gasteiger partial charge in [-0.2, -0.15) is 0 Å². The zero-order chi connectivity index (χ0) is 18.4. The fraction of sp³-hybridized carbons (Fsp3) is 0.435. The molecule has 1 fully saturated rings. The fourth-order valence-corrected chi connectivity index (χ4v) is 4.06. The summed E-state index contributed by atoms with van der Waals surface area (Å²) < 4.78 is 5.77. The molecule has 0 radical (unpaired) electrons. The number of nitrogens with two attached hydrogens (primary N) is 1. The monoisotopic (exact) mass is 351 g/mol. The van der Waals surface area contributed by atoms with Crippen LogP contribution < -0.4 is 5.73 Å². The van der Waals surface area contributed by atoms with E-state index in [9.17, 15) is 4.79 Å². The molecule has 2 aromatic rings. The van der Waals surface area contributed by atoms with E-state index in [4.69, 9.17) is 10.5 Å². The molecule has 1 saturated heterocycles. The topological polar surface area (TPSA) is 52.3 Å². The summed E-state index contributed by atoms with van der Waals surface area (Å²) in [6.07, 6.45) is 4.53. The number of ether oxygens (including phenoxy) is 1. The standard InChI is InChI=1S/C23H29NO2/c1-17-21(16-19-11-6-3-7-12-19)20(15-18-9-4-2-5-10-18)13-8-14-22(24)23(25)26-17/h2-7,9-12,17,20-22H,8,13-16,24H2,1H3/t17-,20+,21-,22-/m0/s1. The lowest BCUT2D eigenvalue weighted by molar-refractivity contribution is -0.153. The number of carbonyl (C=O) groups excluding carboxylic acids is 1. The minimum absolute atomic E-state index is 0.138. The summed E-state index contributed by atoms with van der Waals surface area (Å²) in [7, 11) is 0. The summed E-state index contributed by atoms with van der Waals surface area (Å²) in [6, 6.07) is 20.6. The van der Waals surface area contributed by atoms with Crippen molar-refractivity contribution in [2.75, 3.05) is 0 Å². The number of hydrogen-bond acceptors (Lipinski definition) is 3. The molecule has 0 saturated carbocycles. The molecular weight excluding hydrogens is 322 g/mol. The molecule has 0 aromatic heterocycles. The fourth-order valence-electron chi connectivity index (χ4n) is 4.06. The predicted molar refractivity (Wildman–Crippen MR) is 105 cm³/mol. The second-order valence-corrected chi connectivity index (χ2v) is 7.48. The van der Waals surface area contributed by atoms with Crippen molar-refractivity contribution in [1.82, 2.24) is 0 Å². The van der Waals surface area contributed by atoms with Crippen LogP contribution in [0.2, 0.25) is 0 Å². The zero-order valence-corrected chi connectivity index (χ0v) is 15.5. The maximum Gasteiger partial charge on any atom is 0.323 e. The van der Waals surface area contributed by atoms with E-state index in [0.717, 1.165) is 25.7 Å². The molecule has 0 aliphatic carbocycles. The third kappa shape index (κ3) is 4.95. The molecule has 0 bridgehead atoms. The smallest absolute Gasteiger partial charge is 0.323 e. The van der Waals surface area contributed by atoms with E-state index < -0.39 is 6.04 Å². The van der Waals surface area contributed by atoms with Gasteiger partial charge in [-0.15, -0.1) is 0 Å². The Morgan fingerprint density at radius 3 is 2.12 bits per heavy atom. The van der Waals surface area contributed by atoms with Crippen molar-refractivity contribution in [3.05, 3.63) is 71.8 Å². The van der Waals surface area contributed by atoms with Gasteiger partial charge >= 0.3 is 5.97 Å². The van der Waals surface area contributed by atoms with Crippen LogP contribution in [0.1, 0.15) is 37.3 Å². The molecule has 0 spiro atoms. The molecule has 0 unspecified atom stereocenters. The number of rotatable bonds is 4. The van der Waals surface area contributed by atoms with Crippen LogP contribution in [0.25, 0.3) is 0 Å². The van der Waals surface area contributed by atoms with Gasteiger partial charge in [0.2, 0.25) is 0 Å². The van der Waals surface area contributed by atoms with Gasteiger partial charge in [0.1, 0.15) is 12.1 Å². The average molecular weight is 351 g/mol. The van der Waals surface area contributed by atoms with Crippen LogP contribution in [0.3, 0.4) is 0 Å². The zero-order valence-electron chi connectivity index (χ0n) is 15.5. The summed E-state index contributed by atoms with van der Waals surface area (Å²) in [5, 5.41) is 0. The lowest BCUT2D eigenvalue weighted by Crippen LogP contribution is -2.37.